The number of nitrogens with two attached hydrogens (primary N) is 1. The zero-order valence-corrected chi connectivity index (χ0v) is 12.5. The lowest BCUT2D eigenvalue weighted by Crippen LogP contribution is -2.33. The van der Waals surface area contributed by atoms with Gasteiger partial charge in [-0.25, -0.2) is 0 Å². The van der Waals surface area contributed by atoms with Crippen molar-refractivity contribution in [3.05, 3.63) is 17.7 Å². The number of anilines is 1. The largest absolute Gasteiger partial charge is 0.454 e. The summed E-state index contributed by atoms with van der Waals surface area (Å²) in [6.07, 6.45) is 1.13. The predicted octanol–water partition coefficient (Wildman–Crippen LogP) is 1.02. The summed E-state index contributed by atoms with van der Waals surface area (Å²) < 4.78 is 10.6. The molecule has 1 amide bonds. The second-order valence-corrected chi connectivity index (χ2v) is 5.90. The van der Waals surface area contributed by atoms with Gasteiger partial charge < -0.3 is 25.0 Å². The van der Waals surface area contributed by atoms with Gasteiger partial charge in [0.2, 0.25) is 6.79 Å². The highest BCUT2D eigenvalue weighted by atomic mass is 16.7. The summed E-state index contributed by atoms with van der Waals surface area (Å²) in [6, 6.07) is 3.34. The van der Waals surface area contributed by atoms with Crippen molar-refractivity contribution in [2.75, 3.05) is 46.3 Å². The fraction of sp³-hybridized carbons (Fsp3) is 0.533. The van der Waals surface area contributed by atoms with Crippen LogP contribution in [0.3, 0.4) is 0 Å². The maximum atomic E-state index is 12.6. The number of ether oxygens (including phenoxy) is 2. The van der Waals surface area contributed by atoms with E-state index in [4.69, 9.17) is 15.2 Å². The number of benzene rings is 1. The van der Waals surface area contributed by atoms with E-state index in [1.54, 1.807) is 17.0 Å². The van der Waals surface area contributed by atoms with Crippen molar-refractivity contribution < 1.29 is 14.3 Å². The minimum atomic E-state index is -0.0691. The van der Waals surface area contributed by atoms with Crippen LogP contribution in [0.4, 0.5) is 5.69 Å². The smallest absolute Gasteiger partial charge is 0.255 e. The zero-order chi connectivity index (χ0) is 15.0. The third-order valence-corrected chi connectivity index (χ3v) is 4.14. The van der Waals surface area contributed by atoms with E-state index in [0.717, 1.165) is 26.1 Å². The molecule has 1 aromatic carbocycles. The number of nitrogen functional groups attached to an aromatic ring is 1. The Balaban J connectivity index is 1.72. The monoisotopic (exact) mass is 291 g/mol. The third-order valence-electron chi connectivity index (χ3n) is 4.14. The fourth-order valence-electron chi connectivity index (χ4n) is 2.99. The van der Waals surface area contributed by atoms with Crippen LogP contribution < -0.4 is 15.2 Å². The van der Waals surface area contributed by atoms with Crippen LogP contribution in [0.5, 0.6) is 11.5 Å². The molecule has 2 aliphatic heterocycles. The van der Waals surface area contributed by atoms with Crippen LogP contribution in [0.15, 0.2) is 12.1 Å². The molecule has 3 rings (SSSR count). The number of fused-ring (bicyclic) bond motifs is 1. The van der Waals surface area contributed by atoms with Crippen molar-refractivity contribution in [3.8, 4) is 11.5 Å². The van der Waals surface area contributed by atoms with Gasteiger partial charge in [0.05, 0.1) is 5.56 Å². The van der Waals surface area contributed by atoms with Crippen molar-refractivity contribution in [2.45, 2.75) is 6.42 Å². The molecule has 0 bridgehead atoms. The molecule has 21 heavy (non-hydrogen) atoms. The minimum absolute atomic E-state index is 0.0691. The van der Waals surface area contributed by atoms with Gasteiger partial charge in [0.25, 0.3) is 5.91 Å². The van der Waals surface area contributed by atoms with E-state index in [1.807, 2.05) is 7.05 Å². The molecule has 0 radical (unpaired) electrons. The van der Waals surface area contributed by atoms with Crippen molar-refractivity contribution >= 4 is 11.6 Å². The van der Waals surface area contributed by atoms with Gasteiger partial charge in [-0.1, -0.05) is 0 Å². The van der Waals surface area contributed by atoms with Crippen LogP contribution in [0.25, 0.3) is 0 Å². The normalized spacial score (nSPS) is 20.8. The quantitative estimate of drug-likeness (QED) is 0.842. The molecule has 1 saturated heterocycles. The Morgan fingerprint density at radius 3 is 2.81 bits per heavy atom. The van der Waals surface area contributed by atoms with Gasteiger partial charge in [0.15, 0.2) is 11.5 Å². The highest BCUT2D eigenvalue weighted by molar-refractivity contribution is 6.00. The summed E-state index contributed by atoms with van der Waals surface area (Å²) in [5.74, 6) is 1.64. The van der Waals surface area contributed by atoms with E-state index in [9.17, 15) is 4.79 Å². The summed E-state index contributed by atoms with van der Waals surface area (Å²) in [5.41, 5.74) is 6.88. The predicted molar refractivity (Wildman–Crippen MR) is 79.5 cm³/mol. The molecule has 1 atom stereocenters. The summed E-state index contributed by atoms with van der Waals surface area (Å²) >= 11 is 0. The summed E-state index contributed by atoms with van der Waals surface area (Å²) in [5, 5.41) is 0. The Kier molecular flexibility index (Phi) is 3.63. The molecule has 2 aliphatic rings. The fourth-order valence-corrected chi connectivity index (χ4v) is 2.99. The third kappa shape index (κ3) is 2.76. The topological polar surface area (TPSA) is 68.0 Å². The highest BCUT2D eigenvalue weighted by Crippen LogP contribution is 2.36. The van der Waals surface area contributed by atoms with E-state index in [2.05, 4.69) is 11.9 Å². The van der Waals surface area contributed by atoms with Crippen molar-refractivity contribution in [1.82, 2.24) is 9.80 Å². The van der Waals surface area contributed by atoms with E-state index in [0.29, 0.717) is 28.7 Å². The molecule has 1 aromatic rings. The second kappa shape index (κ2) is 5.44. The molecule has 0 aromatic heterocycles. The SMILES string of the molecule is CN1CCC(CN(C)C(=O)c2cc3c(cc2N)OCO3)C1. The Hall–Kier alpha value is -1.95. The zero-order valence-electron chi connectivity index (χ0n) is 12.5. The van der Waals surface area contributed by atoms with E-state index in [-0.39, 0.29) is 12.7 Å². The molecule has 1 fully saturated rings. The Bertz CT molecular complexity index is 561. The van der Waals surface area contributed by atoms with Crippen LogP contribution in [-0.2, 0) is 0 Å². The number of likely N-dealkylation sites (tertiary alicyclic amines) is 1. The van der Waals surface area contributed by atoms with Crippen molar-refractivity contribution in [3.63, 3.8) is 0 Å². The van der Waals surface area contributed by atoms with Crippen LogP contribution in [0, 0.1) is 5.92 Å². The van der Waals surface area contributed by atoms with Gasteiger partial charge in [-0.15, -0.1) is 0 Å². The lowest BCUT2D eigenvalue weighted by atomic mass is 10.1. The average molecular weight is 291 g/mol. The van der Waals surface area contributed by atoms with Gasteiger partial charge in [-0.2, -0.15) is 0 Å². The van der Waals surface area contributed by atoms with E-state index < -0.39 is 0 Å². The molecule has 2 N–H and O–H groups in total. The number of amides is 1. The lowest BCUT2D eigenvalue weighted by Gasteiger charge is -2.22. The highest BCUT2D eigenvalue weighted by Gasteiger charge is 2.25. The molecule has 0 aliphatic carbocycles. The molecule has 114 valence electrons. The number of carbonyl (C=O) groups excluding carboxylic acids is 1. The Labute approximate surface area is 124 Å². The molecular weight excluding hydrogens is 270 g/mol. The summed E-state index contributed by atoms with van der Waals surface area (Å²) in [6.45, 7) is 3.06. The number of nitrogens with zero attached hydrogens (tertiary/aromatic N) is 2. The number of carbonyl (C=O) groups is 1. The second-order valence-electron chi connectivity index (χ2n) is 5.90. The van der Waals surface area contributed by atoms with Crippen LogP contribution in [0.2, 0.25) is 0 Å². The van der Waals surface area contributed by atoms with Gasteiger partial charge in [0.1, 0.15) is 0 Å². The summed E-state index contributed by atoms with van der Waals surface area (Å²) in [4.78, 5) is 16.6. The number of rotatable bonds is 3. The first-order valence-corrected chi connectivity index (χ1v) is 7.17. The first kappa shape index (κ1) is 14.0. The standard InChI is InChI=1S/C15H21N3O3/c1-17-4-3-10(7-17)8-18(2)15(19)11-5-13-14(6-12(11)16)21-9-20-13/h5-6,10H,3-4,7-9,16H2,1-2H3. The molecular formula is C15H21N3O3. The molecule has 0 saturated carbocycles. The molecule has 6 nitrogen and oxygen atoms in total. The first-order chi connectivity index (χ1) is 10.0. The molecule has 6 heteroatoms. The van der Waals surface area contributed by atoms with Gasteiger partial charge in [-0.3, -0.25) is 4.79 Å². The van der Waals surface area contributed by atoms with E-state index in [1.165, 1.54) is 0 Å². The van der Waals surface area contributed by atoms with Gasteiger partial charge in [0, 0.05) is 31.9 Å². The Morgan fingerprint density at radius 2 is 2.14 bits per heavy atom. The first-order valence-electron chi connectivity index (χ1n) is 7.17. The average Bonchev–Trinajstić information content (AvgIpc) is 3.05. The molecule has 0 spiro atoms. The van der Waals surface area contributed by atoms with Gasteiger partial charge in [-0.05, 0) is 32.0 Å². The van der Waals surface area contributed by atoms with Crippen LogP contribution in [0.1, 0.15) is 16.8 Å². The maximum absolute atomic E-state index is 12.6. The van der Waals surface area contributed by atoms with E-state index >= 15 is 0 Å². The maximum Gasteiger partial charge on any atom is 0.255 e. The van der Waals surface area contributed by atoms with Crippen molar-refractivity contribution in [1.29, 1.82) is 0 Å². The Morgan fingerprint density at radius 1 is 1.43 bits per heavy atom. The van der Waals surface area contributed by atoms with Gasteiger partial charge >= 0.3 is 0 Å². The number of hydrogen-bond donors (Lipinski definition) is 1. The summed E-state index contributed by atoms with van der Waals surface area (Å²) in [7, 11) is 3.93. The minimum Gasteiger partial charge on any atom is -0.454 e. The lowest BCUT2D eigenvalue weighted by molar-refractivity contribution is 0.0774. The molecule has 1 unspecified atom stereocenters. The number of hydrogen-bond acceptors (Lipinski definition) is 5. The van der Waals surface area contributed by atoms with Crippen LogP contribution in [-0.4, -0.2) is 56.2 Å². The van der Waals surface area contributed by atoms with Crippen LogP contribution >= 0.6 is 0 Å². The molecule has 2 heterocycles. The van der Waals surface area contributed by atoms with Crippen molar-refractivity contribution in [2.24, 2.45) is 5.92 Å².